The molecule has 0 amide bonds. The zero-order valence-corrected chi connectivity index (χ0v) is 4.02. The Balaban J connectivity index is 2.47. The zero-order valence-electron chi connectivity index (χ0n) is 4.02. The number of nitrogens with one attached hydrogen (secondary N) is 1. The molecule has 1 N–H and O–H groups in total. The van der Waals surface area contributed by atoms with E-state index in [2.05, 4.69) is 11.1 Å². The van der Waals surface area contributed by atoms with Crippen molar-refractivity contribution in [3.05, 3.63) is 12.3 Å². The normalized spacial score (nSPS) is 26.9. The van der Waals surface area contributed by atoms with Crippen LogP contribution in [0, 0.1) is 11.7 Å². The van der Waals surface area contributed by atoms with Gasteiger partial charge in [-0.1, -0.05) is 0 Å². The van der Waals surface area contributed by atoms with E-state index in [0.29, 0.717) is 5.92 Å². The van der Waals surface area contributed by atoms with Gasteiger partial charge in [-0.2, -0.15) is 0 Å². The molecule has 0 saturated heterocycles. The van der Waals surface area contributed by atoms with Crippen molar-refractivity contribution >= 4 is 7.33 Å². The molecule has 0 saturated carbocycles. The van der Waals surface area contributed by atoms with Gasteiger partial charge in [0, 0.05) is 0 Å². The van der Waals surface area contributed by atoms with Crippen molar-refractivity contribution in [2.45, 2.75) is 0 Å². The van der Waals surface area contributed by atoms with Crippen LogP contribution in [-0.2, 0) is 0 Å². The summed E-state index contributed by atoms with van der Waals surface area (Å²) in [4.78, 5) is 0. The summed E-state index contributed by atoms with van der Waals surface area (Å²) in [7, 11) is 5.09. The van der Waals surface area contributed by atoms with E-state index in [4.69, 9.17) is 7.33 Å². The topological polar surface area (TPSA) is 12.0 Å². The van der Waals surface area contributed by atoms with Gasteiger partial charge in [0.2, 0.25) is 0 Å². The molecule has 2 heteroatoms. The second-order valence-corrected chi connectivity index (χ2v) is 1.54. The van der Waals surface area contributed by atoms with Crippen LogP contribution in [0.5, 0.6) is 0 Å². The third-order valence-corrected chi connectivity index (χ3v) is 0.998. The molecular weight excluding hydrogens is 84.9 g/mol. The number of hydrogen-bond acceptors (Lipinski definition) is 1. The second kappa shape index (κ2) is 1.90. The predicted molar refractivity (Wildman–Crippen MR) is 30.3 cm³/mol. The Bertz CT molecular complexity index is 123. The van der Waals surface area contributed by atoms with Crippen molar-refractivity contribution in [2.75, 3.05) is 6.54 Å². The Labute approximate surface area is 44.2 Å². The maximum absolute atomic E-state index is 5.09. The van der Waals surface area contributed by atoms with Gasteiger partial charge in [0.15, 0.2) is 0 Å². The van der Waals surface area contributed by atoms with E-state index in [1.807, 2.05) is 12.3 Å². The molecule has 1 atom stereocenters. The van der Waals surface area contributed by atoms with Crippen molar-refractivity contribution in [2.24, 2.45) is 5.92 Å². The summed E-state index contributed by atoms with van der Waals surface area (Å²) >= 11 is 0. The first-order valence-corrected chi connectivity index (χ1v) is 2.29. The van der Waals surface area contributed by atoms with Gasteiger partial charge in [-0.25, -0.2) is 0 Å². The van der Waals surface area contributed by atoms with Crippen LogP contribution in [0.25, 0.3) is 0 Å². The summed E-state index contributed by atoms with van der Waals surface area (Å²) in [6.45, 7) is 0.913. The molecule has 0 radical (unpaired) electrons. The molecule has 1 nitrogen and oxygen atoms in total. The molecular formula is C5H6BN. The molecule has 34 valence electrons. The van der Waals surface area contributed by atoms with Gasteiger partial charge in [-0.05, 0) is 0 Å². The molecule has 1 rings (SSSR count). The fraction of sp³-hybridized carbons (Fsp3) is 0.400. The van der Waals surface area contributed by atoms with Gasteiger partial charge in [0.1, 0.15) is 0 Å². The Morgan fingerprint density at radius 1 is 1.86 bits per heavy atom. The summed E-state index contributed by atoms with van der Waals surface area (Å²) in [6.07, 6.45) is 3.88. The third kappa shape index (κ3) is 0.878. The predicted octanol–water partition coefficient (Wildman–Crippen LogP) is -0.153. The van der Waals surface area contributed by atoms with Crippen molar-refractivity contribution in [1.29, 1.82) is 0 Å². The van der Waals surface area contributed by atoms with Crippen LogP contribution < -0.4 is 5.32 Å². The molecule has 0 aromatic carbocycles. The fourth-order valence-corrected chi connectivity index (χ4v) is 0.562. The number of rotatable bonds is 0. The molecule has 1 heterocycles. The van der Waals surface area contributed by atoms with E-state index in [1.165, 1.54) is 0 Å². The first-order chi connectivity index (χ1) is 3.43. The van der Waals surface area contributed by atoms with Crippen LogP contribution in [0.3, 0.4) is 0 Å². The molecule has 0 aromatic rings. The van der Waals surface area contributed by atoms with Crippen LogP contribution >= 0.6 is 0 Å². The van der Waals surface area contributed by atoms with Crippen molar-refractivity contribution in [3.63, 3.8) is 0 Å². The van der Waals surface area contributed by atoms with Crippen molar-refractivity contribution in [1.82, 2.24) is 5.32 Å². The average molecular weight is 90.9 g/mol. The Hall–Kier alpha value is -0.615. The maximum atomic E-state index is 5.09. The van der Waals surface area contributed by atoms with Crippen LogP contribution in [0.2, 0.25) is 0 Å². The van der Waals surface area contributed by atoms with Gasteiger partial charge in [-0.3, -0.25) is 0 Å². The van der Waals surface area contributed by atoms with E-state index in [1.54, 1.807) is 0 Å². The van der Waals surface area contributed by atoms with E-state index < -0.39 is 0 Å². The van der Waals surface area contributed by atoms with Crippen LogP contribution in [-0.4, -0.2) is 13.9 Å². The van der Waals surface area contributed by atoms with Gasteiger partial charge in [0.05, 0.1) is 0 Å². The van der Waals surface area contributed by atoms with E-state index >= 15 is 0 Å². The summed E-state index contributed by atoms with van der Waals surface area (Å²) < 4.78 is 0. The molecule has 0 aromatic heterocycles. The summed E-state index contributed by atoms with van der Waals surface area (Å²) in [6, 6.07) is 0. The number of hydrogen-bond donors (Lipinski definition) is 1. The van der Waals surface area contributed by atoms with Crippen LogP contribution in [0.15, 0.2) is 12.3 Å². The molecule has 7 heavy (non-hydrogen) atoms. The molecule has 0 aliphatic carbocycles. The first-order valence-electron chi connectivity index (χ1n) is 2.29. The minimum atomic E-state index is 0.333. The second-order valence-electron chi connectivity index (χ2n) is 1.54. The minimum absolute atomic E-state index is 0.333. The van der Waals surface area contributed by atoms with Crippen LogP contribution in [0.4, 0.5) is 0 Å². The van der Waals surface area contributed by atoms with E-state index in [-0.39, 0.29) is 0 Å². The molecule has 0 fully saturated rings. The van der Waals surface area contributed by atoms with E-state index in [0.717, 1.165) is 6.54 Å². The standard InChI is InChI=1S/C5H6BN/c6-3-5-1-2-7-4-5/h1-2,5,7H,4H2. The van der Waals surface area contributed by atoms with Crippen molar-refractivity contribution in [3.8, 4) is 5.80 Å². The van der Waals surface area contributed by atoms with E-state index in [9.17, 15) is 0 Å². The van der Waals surface area contributed by atoms with Crippen molar-refractivity contribution < 1.29 is 0 Å². The molecule has 1 aliphatic heterocycles. The summed E-state index contributed by atoms with van der Waals surface area (Å²) in [5.41, 5.74) is 0. The third-order valence-electron chi connectivity index (χ3n) is 0.998. The SMILES string of the molecule is B#CC1C=CNC1. The Kier molecular flexibility index (Phi) is 1.23. The molecule has 1 aliphatic rings. The van der Waals surface area contributed by atoms with Gasteiger partial charge in [0.25, 0.3) is 0 Å². The average Bonchev–Trinajstić information content (AvgIpc) is 2.14. The van der Waals surface area contributed by atoms with Crippen LogP contribution in [0.1, 0.15) is 0 Å². The fourth-order valence-electron chi connectivity index (χ4n) is 0.562. The molecule has 0 bridgehead atoms. The molecule has 0 spiro atoms. The van der Waals surface area contributed by atoms with Gasteiger partial charge >= 0.3 is 43.2 Å². The van der Waals surface area contributed by atoms with Gasteiger partial charge < -0.3 is 0 Å². The quantitative estimate of drug-likeness (QED) is 0.408. The Morgan fingerprint density at radius 3 is 3.00 bits per heavy atom. The Morgan fingerprint density at radius 2 is 2.71 bits per heavy atom. The van der Waals surface area contributed by atoms with Gasteiger partial charge in [-0.15, -0.1) is 0 Å². The first kappa shape index (κ1) is 4.54. The zero-order chi connectivity index (χ0) is 5.11. The monoisotopic (exact) mass is 91.1 g/mol. The molecule has 1 unspecified atom stereocenters. The summed E-state index contributed by atoms with van der Waals surface area (Å²) in [5.74, 6) is 2.95. The summed E-state index contributed by atoms with van der Waals surface area (Å²) in [5, 5.41) is 3.00.